The van der Waals surface area contributed by atoms with E-state index >= 15 is 0 Å². The molecule has 2 aliphatic heterocycles. The number of benzene rings is 1. The van der Waals surface area contributed by atoms with Gasteiger partial charge in [0, 0.05) is 55.5 Å². The lowest BCUT2D eigenvalue weighted by atomic mass is 9.83. The van der Waals surface area contributed by atoms with Crippen LogP contribution in [0.1, 0.15) is 23.6 Å². The smallest absolute Gasteiger partial charge is 0.274 e. The van der Waals surface area contributed by atoms with E-state index in [1.165, 1.54) is 18.2 Å². The fraction of sp³-hybridized carbons (Fsp3) is 0.389. The van der Waals surface area contributed by atoms with Crippen molar-refractivity contribution in [3.05, 3.63) is 68.1 Å². The maximum atomic E-state index is 12.1. The molecule has 2 bridgehead atoms. The zero-order valence-electron chi connectivity index (χ0n) is 13.7. The van der Waals surface area contributed by atoms with Crippen LogP contribution in [0.2, 0.25) is 0 Å². The molecule has 1 aromatic carbocycles. The van der Waals surface area contributed by atoms with Gasteiger partial charge in [-0.15, -0.1) is 0 Å². The molecule has 7 nitrogen and oxygen atoms in total. The third kappa shape index (κ3) is 2.91. The Bertz CT molecular complexity index is 892. The molecular formula is C18H19N3O4. The number of phenolic OH excluding ortho intramolecular Hbond substituents is 1. The van der Waals surface area contributed by atoms with Crippen LogP contribution in [0, 0.1) is 16.0 Å². The maximum Gasteiger partial charge on any atom is 0.274 e. The number of hydrogen-bond acceptors (Lipinski definition) is 5. The molecule has 130 valence electrons. The minimum Gasteiger partial charge on any atom is -0.508 e. The van der Waals surface area contributed by atoms with Gasteiger partial charge < -0.3 is 9.67 Å². The van der Waals surface area contributed by atoms with Crippen LogP contribution < -0.4 is 5.56 Å². The summed E-state index contributed by atoms with van der Waals surface area (Å²) in [6, 6.07) is 9.56. The molecule has 0 unspecified atom stereocenters. The minimum absolute atomic E-state index is 0.0325. The molecule has 1 fully saturated rings. The monoisotopic (exact) mass is 341 g/mol. The summed E-state index contributed by atoms with van der Waals surface area (Å²) in [5.74, 6) is 0.662. The molecule has 1 saturated heterocycles. The lowest BCUT2D eigenvalue weighted by Crippen LogP contribution is -2.46. The number of pyridine rings is 1. The summed E-state index contributed by atoms with van der Waals surface area (Å²) in [6.45, 7) is 2.68. The number of likely N-dealkylation sites (tertiary alicyclic amines) is 1. The first-order chi connectivity index (χ1) is 12.0. The van der Waals surface area contributed by atoms with Crippen molar-refractivity contribution in [3.8, 4) is 5.75 Å². The summed E-state index contributed by atoms with van der Waals surface area (Å²) in [7, 11) is 0. The Morgan fingerprint density at radius 1 is 1.20 bits per heavy atom. The second-order valence-corrected chi connectivity index (χ2v) is 6.96. The number of aromatic hydroxyl groups is 1. The zero-order chi connectivity index (χ0) is 17.6. The highest BCUT2D eigenvalue weighted by Gasteiger charge is 2.35. The molecule has 0 aliphatic carbocycles. The summed E-state index contributed by atoms with van der Waals surface area (Å²) < 4.78 is 1.87. The van der Waals surface area contributed by atoms with Crippen LogP contribution in [0.5, 0.6) is 5.75 Å². The van der Waals surface area contributed by atoms with Crippen LogP contribution >= 0.6 is 0 Å². The van der Waals surface area contributed by atoms with E-state index in [2.05, 4.69) is 4.90 Å². The molecule has 2 atom stereocenters. The molecule has 25 heavy (non-hydrogen) atoms. The van der Waals surface area contributed by atoms with E-state index < -0.39 is 4.92 Å². The average molecular weight is 341 g/mol. The molecule has 0 amide bonds. The van der Waals surface area contributed by atoms with E-state index in [9.17, 15) is 20.0 Å². The normalized spacial score (nSPS) is 22.4. The van der Waals surface area contributed by atoms with Gasteiger partial charge in [-0.05, 0) is 30.5 Å². The zero-order valence-corrected chi connectivity index (χ0v) is 13.7. The van der Waals surface area contributed by atoms with Crippen molar-refractivity contribution in [1.29, 1.82) is 0 Å². The second-order valence-electron chi connectivity index (χ2n) is 6.96. The number of fused-ring (bicyclic) bond motifs is 4. The summed E-state index contributed by atoms with van der Waals surface area (Å²) in [6.07, 6.45) is 1.04. The summed E-state index contributed by atoms with van der Waals surface area (Å²) in [5, 5.41) is 20.9. The third-order valence-corrected chi connectivity index (χ3v) is 5.21. The molecular weight excluding hydrogens is 322 g/mol. The molecule has 2 aromatic rings. The SMILES string of the molecule is O=c1cccc2n1C[C@@H]1C[C@@H]2CN(Cc2cc(O)ccc2[N+](=O)[O-])C1. The lowest BCUT2D eigenvalue weighted by molar-refractivity contribution is -0.385. The van der Waals surface area contributed by atoms with Crippen LogP contribution in [-0.2, 0) is 13.1 Å². The Hall–Kier alpha value is -2.67. The van der Waals surface area contributed by atoms with E-state index in [1.807, 2.05) is 10.6 Å². The number of aromatic nitrogens is 1. The molecule has 4 rings (SSSR count). The number of piperidine rings is 1. The maximum absolute atomic E-state index is 12.1. The van der Waals surface area contributed by atoms with Gasteiger partial charge in [-0.3, -0.25) is 19.8 Å². The highest BCUT2D eigenvalue weighted by molar-refractivity contribution is 5.44. The van der Waals surface area contributed by atoms with Crippen molar-refractivity contribution in [2.45, 2.75) is 25.4 Å². The van der Waals surface area contributed by atoms with Crippen molar-refractivity contribution in [2.75, 3.05) is 13.1 Å². The van der Waals surface area contributed by atoms with Crippen molar-refractivity contribution in [3.63, 3.8) is 0 Å². The predicted octanol–water partition coefficient (Wildman–Crippen LogP) is 2.08. The molecule has 0 radical (unpaired) electrons. The number of nitro benzene ring substituents is 1. The van der Waals surface area contributed by atoms with Crippen molar-refractivity contribution < 1.29 is 10.0 Å². The molecule has 0 saturated carbocycles. The molecule has 3 heterocycles. The highest BCUT2D eigenvalue weighted by Crippen LogP contribution is 2.36. The molecule has 1 aromatic heterocycles. The first-order valence-electron chi connectivity index (χ1n) is 8.39. The summed E-state index contributed by atoms with van der Waals surface area (Å²) in [4.78, 5) is 25.1. The van der Waals surface area contributed by atoms with Gasteiger partial charge in [0.2, 0.25) is 0 Å². The largest absolute Gasteiger partial charge is 0.508 e. The average Bonchev–Trinajstić information content (AvgIpc) is 2.55. The van der Waals surface area contributed by atoms with Gasteiger partial charge in [-0.2, -0.15) is 0 Å². The molecule has 2 aliphatic rings. The van der Waals surface area contributed by atoms with Crippen LogP contribution in [0.15, 0.2) is 41.2 Å². The van der Waals surface area contributed by atoms with Crippen molar-refractivity contribution >= 4 is 5.69 Å². The Morgan fingerprint density at radius 3 is 2.84 bits per heavy atom. The minimum atomic E-state index is -0.408. The number of phenols is 1. The van der Waals surface area contributed by atoms with E-state index in [0.717, 1.165) is 25.2 Å². The van der Waals surface area contributed by atoms with Crippen LogP contribution in [0.4, 0.5) is 5.69 Å². The Morgan fingerprint density at radius 2 is 2.04 bits per heavy atom. The van der Waals surface area contributed by atoms with Gasteiger partial charge in [0.1, 0.15) is 5.75 Å². The number of rotatable bonds is 3. The quantitative estimate of drug-likeness (QED) is 0.682. The van der Waals surface area contributed by atoms with Gasteiger partial charge in [-0.1, -0.05) is 6.07 Å². The predicted molar refractivity (Wildman–Crippen MR) is 91.6 cm³/mol. The number of nitrogens with zero attached hydrogens (tertiary/aromatic N) is 3. The van der Waals surface area contributed by atoms with Gasteiger partial charge in [0.25, 0.3) is 11.2 Å². The first-order valence-corrected chi connectivity index (χ1v) is 8.39. The summed E-state index contributed by atoms with van der Waals surface area (Å²) in [5.41, 5.74) is 1.66. The Kier molecular flexibility index (Phi) is 3.80. The van der Waals surface area contributed by atoms with E-state index in [4.69, 9.17) is 0 Å². The second kappa shape index (κ2) is 6.00. The van der Waals surface area contributed by atoms with E-state index in [0.29, 0.717) is 24.6 Å². The van der Waals surface area contributed by atoms with Gasteiger partial charge in [0.05, 0.1) is 4.92 Å². The third-order valence-electron chi connectivity index (χ3n) is 5.21. The van der Waals surface area contributed by atoms with Crippen molar-refractivity contribution in [1.82, 2.24) is 9.47 Å². The number of hydrogen-bond donors (Lipinski definition) is 1. The highest BCUT2D eigenvalue weighted by atomic mass is 16.6. The van der Waals surface area contributed by atoms with Crippen LogP contribution in [0.25, 0.3) is 0 Å². The van der Waals surface area contributed by atoms with E-state index in [1.54, 1.807) is 12.1 Å². The molecule has 7 heteroatoms. The summed E-state index contributed by atoms with van der Waals surface area (Å²) >= 11 is 0. The first kappa shape index (κ1) is 15.8. The van der Waals surface area contributed by atoms with Crippen LogP contribution in [0.3, 0.4) is 0 Å². The fourth-order valence-electron chi connectivity index (χ4n) is 4.24. The topological polar surface area (TPSA) is 88.6 Å². The van der Waals surface area contributed by atoms with Crippen LogP contribution in [-0.4, -0.2) is 32.6 Å². The Labute approximate surface area is 144 Å². The lowest BCUT2D eigenvalue weighted by Gasteiger charge is -2.42. The van der Waals surface area contributed by atoms with Gasteiger partial charge in [0.15, 0.2) is 0 Å². The fourth-order valence-corrected chi connectivity index (χ4v) is 4.24. The molecule has 1 N–H and O–H groups in total. The van der Waals surface area contributed by atoms with Gasteiger partial charge >= 0.3 is 0 Å². The van der Waals surface area contributed by atoms with E-state index in [-0.39, 0.29) is 22.9 Å². The number of nitro groups is 1. The molecule has 0 spiro atoms. The van der Waals surface area contributed by atoms with Crippen molar-refractivity contribution in [2.24, 2.45) is 5.92 Å². The standard InChI is InChI=1S/C18H19N3O4/c22-15-4-5-17(21(24)25)14(7-15)11-19-8-12-6-13(10-19)16-2-1-3-18(23)20(16)9-12/h1-5,7,12-13,22H,6,8-11H2/t12-,13-/m1/s1. The Balaban J connectivity index is 1.60. The van der Waals surface area contributed by atoms with Gasteiger partial charge in [-0.25, -0.2) is 0 Å².